The fraction of sp³-hybridized carbons (Fsp3) is 0.366. The number of imide groups is 1. The number of quaternary nitrogens is 1. The van der Waals surface area contributed by atoms with Crippen molar-refractivity contribution in [3.05, 3.63) is 122 Å². The van der Waals surface area contributed by atoms with Gasteiger partial charge in [0, 0.05) is 30.3 Å². The van der Waals surface area contributed by atoms with Crippen molar-refractivity contribution in [2.45, 2.75) is 71.9 Å². The molecule has 1 fully saturated rings. The first kappa shape index (κ1) is 39.3. The second kappa shape index (κ2) is 22.6. The molecule has 1 aromatic rings. The molecule has 0 aliphatic carbocycles. The quantitative estimate of drug-likeness (QED) is 0.213. The van der Waals surface area contributed by atoms with Crippen LogP contribution in [-0.2, 0) is 9.59 Å². The first-order valence-corrected chi connectivity index (χ1v) is 16.1. The minimum atomic E-state index is -1.38. The van der Waals surface area contributed by atoms with E-state index in [0.29, 0.717) is 6.67 Å². The lowest BCUT2D eigenvalue weighted by Gasteiger charge is -2.23. The van der Waals surface area contributed by atoms with Crippen LogP contribution in [0.3, 0.4) is 0 Å². The maximum absolute atomic E-state index is 12.9. The Balaban J connectivity index is 0.000000341. The number of aliphatic imine (C=N–C) groups is 1. The van der Waals surface area contributed by atoms with Gasteiger partial charge in [0.05, 0.1) is 17.6 Å². The predicted octanol–water partition coefficient (Wildman–Crippen LogP) is 4.57. The molecule has 0 spiro atoms. The zero-order valence-corrected chi connectivity index (χ0v) is 28.4. The number of hydrogen-bond donors (Lipinski definition) is 1. The van der Waals surface area contributed by atoms with Gasteiger partial charge in [-0.25, -0.2) is 9.80 Å². The zero-order valence-electron chi connectivity index (χ0n) is 28.4. The van der Waals surface area contributed by atoms with Gasteiger partial charge in [-0.1, -0.05) is 69.2 Å². The van der Waals surface area contributed by atoms with Gasteiger partial charge >= 0.3 is 0 Å². The van der Waals surface area contributed by atoms with Gasteiger partial charge in [-0.05, 0) is 107 Å². The van der Waals surface area contributed by atoms with Crippen molar-refractivity contribution in [1.29, 1.82) is 0 Å². The Morgan fingerprint density at radius 1 is 0.939 bits per heavy atom. The van der Waals surface area contributed by atoms with Crippen molar-refractivity contribution >= 4 is 29.7 Å². The molecule has 248 valence electrons. The lowest BCUT2D eigenvalue weighted by molar-refractivity contribution is -0.401. The molecular weight excluding hydrogens is 612 g/mol. The molecule has 8 nitrogen and oxygen atoms in total. The average molecular weight is 653 g/mol. The molecule has 3 rings (SSSR count). The van der Waals surface area contributed by atoms with Crippen LogP contribution in [0.5, 0.6) is 0 Å². The highest BCUT2D eigenvalue weighted by Crippen LogP contribution is 2.36. The van der Waals surface area contributed by atoms with Crippen molar-refractivity contribution in [2.75, 3.05) is 18.1 Å². The summed E-state index contributed by atoms with van der Waals surface area (Å²) in [5.41, 5.74) is 40.9. The number of hydrogen-bond acceptors (Lipinski definition) is 6. The van der Waals surface area contributed by atoms with E-state index in [0.717, 1.165) is 55.5 Å². The molecule has 1 aromatic carbocycles. The van der Waals surface area contributed by atoms with Gasteiger partial charge < -0.3 is 15.6 Å². The van der Waals surface area contributed by atoms with E-state index in [1.165, 1.54) is 12.1 Å². The zero-order chi connectivity index (χ0) is 35.9. The number of amides is 2. The van der Waals surface area contributed by atoms with E-state index in [1.807, 2.05) is 13.1 Å². The molecule has 2 aliphatic rings. The lowest BCUT2D eigenvalue weighted by Crippen LogP contribution is -2.60. The normalized spacial score (nSPS) is 15.9. The van der Waals surface area contributed by atoms with E-state index < -0.39 is 5.97 Å². The third-order valence-electron chi connectivity index (χ3n) is 7.57. The van der Waals surface area contributed by atoms with Crippen LogP contribution in [0.15, 0.2) is 122 Å². The number of para-hydroxylation sites is 1. The van der Waals surface area contributed by atoms with Crippen molar-refractivity contribution < 1.29 is 25.2 Å². The highest BCUT2D eigenvalue weighted by atomic mass is 16.4. The molecule has 0 bridgehead atoms. The predicted molar refractivity (Wildman–Crippen MR) is 185 cm³/mol. The summed E-state index contributed by atoms with van der Waals surface area (Å²) in [6.45, 7) is 11.0. The van der Waals surface area contributed by atoms with Crippen molar-refractivity contribution in [3.8, 4) is 0 Å². The fourth-order valence-corrected chi connectivity index (χ4v) is 5.29. The summed E-state index contributed by atoms with van der Waals surface area (Å²) in [6, 6.07) is 6.04. The number of carbonyl (C=O) groups is 3. The van der Waals surface area contributed by atoms with Crippen molar-refractivity contribution in [3.63, 3.8) is 0 Å². The number of carbonyl (C=O) groups excluding carboxylic acids is 3. The first-order valence-electron chi connectivity index (χ1n) is 16.1. The minimum absolute atomic E-state index is 0.0185. The number of nitrogens with zero attached hydrogens (tertiary/aromatic N) is 3. The summed E-state index contributed by atoms with van der Waals surface area (Å²) in [6.07, 6.45) is 8.10. The monoisotopic (exact) mass is 652 g/mol. The number of carboxylic acid groups (broad SMARTS) is 1. The van der Waals surface area contributed by atoms with Crippen LogP contribution in [0.2, 0.25) is 0 Å². The van der Waals surface area contributed by atoms with Crippen LogP contribution in [0.4, 0.5) is 5.69 Å². The van der Waals surface area contributed by atoms with Gasteiger partial charge in [0.25, 0.3) is 0 Å². The Kier molecular flexibility index (Phi) is 18.1. The molecule has 0 saturated carbocycles. The molecule has 3 atom stereocenters. The Morgan fingerprint density at radius 2 is 1.55 bits per heavy atom. The van der Waals surface area contributed by atoms with Crippen molar-refractivity contribution in [1.82, 2.24) is 4.90 Å². The summed E-state index contributed by atoms with van der Waals surface area (Å²) in [5, 5.41) is 11.3. The Labute approximate surface area is 288 Å². The minimum Gasteiger partial charge on any atom is -0.545 e. The number of benzene rings is 1. The molecule has 8 heteroatoms. The molecular formula is C41H40N4O4. The second-order valence-corrected chi connectivity index (χ2v) is 10.9. The van der Waals surface area contributed by atoms with Gasteiger partial charge in [0.2, 0.25) is 11.8 Å². The lowest BCUT2D eigenvalue weighted by atomic mass is 9.83. The summed E-state index contributed by atoms with van der Waals surface area (Å²) >= 11 is 0. The second-order valence-electron chi connectivity index (χ2n) is 10.9. The van der Waals surface area contributed by atoms with Crippen LogP contribution in [0.25, 0.3) is 0 Å². The number of anilines is 1. The largest absolute Gasteiger partial charge is 0.545 e. The molecule has 3 N–H and O–H groups in total. The van der Waals surface area contributed by atoms with E-state index in [4.69, 9.17) is 0 Å². The SMILES string of the molecule is C=C=C=C=C=C=C=C=C=C=C=C=C=C=C=C(C)C1N=CCN1C[NH3+].CCCCCC(CCC)C1CC(=O)N(c2ccccc2C(=O)[O-])C1=O. The molecule has 3 unspecified atom stereocenters. The van der Waals surface area contributed by atoms with Crippen LogP contribution >= 0.6 is 0 Å². The smallest absolute Gasteiger partial charge is 0.237 e. The van der Waals surface area contributed by atoms with Gasteiger partial charge in [-0.15, -0.1) is 0 Å². The fourth-order valence-electron chi connectivity index (χ4n) is 5.29. The summed E-state index contributed by atoms with van der Waals surface area (Å²) in [5.74, 6) is -2.14. The molecule has 1 saturated heterocycles. The van der Waals surface area contributed by atoms with Gasteiger partial charge in [0.15, 0.2) is 0 Å². The highest BCUT2D eigenvalue weighted by Gasteiger charge is 2.43. The van der Waals surface area contributed by atoms with E-state index in [1.54, 1.807) is 12.1 Å². The topological polar surface area (TPSA) is 121 Å². The number of carboxylic acids is 1. The van der Waals surface area contributed by atoms with Gasteiger partial charge in [-0.2, -0.15) is 0 Å². The molecule has 2 aliphatic heterocycles. The summed E-state index contributed by atoms with van der Waals surface area (Å²) < 4.78 is 0. The molecule has 49 heavy (non-hydrogen) atoms. The maximum atomic E-state index is 12.9. The Bertz CT molecular complexity index is 1970. The number of rotatable bonds is 11. The molecule has 0 radical (unpaired) electrons. The Morgan fingerprint density at radius 3 is 2.12 bits per heavy atom. The molecule has 2 heterocycles. The average Bonchev–Trinajstić information content (AvgIpc) is 3.70. The number of unbranched alkanes of at least 4 members (excludes halogenated alkanes) is 2. The van der Waals surface area contributed by atoms with E-state index in [2.05, 4.69) is 116 Å². The third-order valence-corrected chi connectivity index (χ3v) is 7.57. The molecule has 2 amide bonds. The van der Waals surface area contributed by atoms with Crippen LogP contribution in [0, 0.1) is 11.8 Å². The van der Waals surface area contributed by atoms with E-state index in [9.17, 15) is 19.5 Å². The van der Waals surface area contributed by atoms with E-state index in [-0.39, 0.29) is 47.5 Å². The summed E-state index contributed by atoms with van der Waals surface area (Å²) in [7, 11) is 0. The first-order chi connectivity index (χ1) is 23.8. The van der Waals surface area contributed by atoms with Crippen LogP contribution in [0.1, 0.15) is 76.1 Å². The van der Waals surface area contributed by atoms with Gasteiger partial charge in [-0.3, -0.25) is 14.6 Å². The van der Waals surface area contributed by atoms with E-state index >= 15 is 0 Å². The third kappa shape index (κ3) is 13.0. The van der Waals surface area contributed by atoms with Crippen molar-refractivity contribution in [2.24, 2.45) is 16.8 Å². The standard InChI is InChI=1S/C21H13N3.C20H27NO4/c1-3-4-5-6-7-8-9-10-11-12-13-14-15-16-20(2)21-23-17-18-24(21)19-22;1-3-5-6-10-14(9-4-2)16-13-18(22)21(19(16)23)17-12-8-7-11-15(17)20(24)25/h17,21H,1,18-19,22H2,2H3;7-8,11-12,14,16H,3-6,9-10,13H2,1-2H3,(H,24,25). The number of aromatic carboxylic acids is 1. The Hall–Kier alpha value is -5.92. The summed E-state index contributed by atoms with van der Waals surface area (Å²) in [4.78, 5) is 44.3. The van der Waals surface area contributed by atoms with Gasteiger partial charge in [0.1, 0.15) is 12.8 Å². The van der Waals surface area contributed by atoms with Crippen LogP contribution in [-0.4, -0.2) is 48.3 Å². The maximum Gasteiger partial charge on any atom is 0.237 e. The molecule has 0 aromatic heterocycles. The van der Waals surface area contributed by atoms with Crippen LogP contribution < -0.4 is 15.7 Å². The highest BCUT2D eigenvalue weighted by molar-refractivity contribution is 6.22.